The van der Waals surface area contributed by atoms with Crippen molar-refractivity contribution in [2.24, 2.45) is 5.73 Å². The third-order valence-electron chi connectivity index (χ3n) is 3.87. The Bertz CT molecular complexity index is 730. The number of amides is 3. The molecule has 1 aromatic rings. The summed E-state index contributed by atoms with van der Waals surface area (Å²) in [4.78, 5) is 36.6. The van der Waals surface area contributed by atoms with E-state index in [9.17, 15) is 31.9 Å². The summed E-state index contributed by atoms with van der Waals surface area (Å²) in [5, 5.41) is 3.83. The summed E-state index contributed by atoms with van der Waals surface area (Å²) in [6, 6.07) is 4.33. The van der Waals surface area contributed by atoms with Crippen LogP contribution in [-0.4, -0.2) is 62.4 Å². The standard InChI is InChI=1S/C16H18F4N4O4/c17-14(18)16(19,20)15(27)23-11(7-21)13(26)22-9-1-3-10(4-2-9)24-5-6-28-8-12(24)25/h1-4,11,14H,5-8,21H2,(H,22,26)(H,23,27)/t11-/m0/s1. The van der Waals surface area contributed by atoms with E-state index in [2.05, 4.69) is 5.32 Å². The second-order valence-electron chi connectivity index (χ2n) is 5.82. The highest BCUT2D eigenvalue weighted by Gasteiger charge is 2.49. The summed E-state index contributed by atoms with van der Waals surface area (Å²) < 4.78 is 55.4. The van der Waals surface area contributed by atoms with E-state index in [1.807, 2.05) is 0 Å². The molecule has 1 fully saturated rings. The molecule has 1 heterocycles. The average molecular weight is 406 g/mol. The topological polar surface area (TPSA) is 114 Å². The Morgan fingerprint density at radius 1 is 1.25 bits per heavy atom. The number of anilines is 2. The third-order valence-corrected chi connectivity index (χ3v) is 3.87. The Morgan fingerprint density at radius 2 is 1.89 bits per heavy atom. The van der Waals surface area contributed by atoms with Crippen molar-refractivity contribution in [3.63, 3.8) is 0 Å². The van der Waals surface area contributed by atoms with E-state index in [1.165, 1.54) is 22.3 Å². The van der Waals surface area contributed by atoms with E-state index in [-0.39, 0.29) is 18.2 Å². The highest BCUT2D eigenvalue weighted by molar-refractivity contribution is 5.99. The number of alkyl halides is 4. The van der Waals surface area contributed by atoms with Crippen LogP contribution in [0.1, 0.15) is 0 Å². The molecule has 28 heavy (non-hydrogen) atoms. The molecule has 1 saturated heterocycles. The number of hydrogen-bond donors (Lipinski definition) is 3. The zero-order valence-corrected chi connectivity index (χ0v) is 14.5. The lowest BCUT2D eigenvalue weighted by atomic mass is 10.2. The summed E-state index contributed by atoms with van der Waals surface area (Å²) in [5.41, 5.74) is 6.05. The van der Waals surface area contributed by atoms with Gasteiger partial charge in [0.25, 0.3) is 11.8 Å². The molecule has 0 unspecified atom stereocenters. The smallest absolute Gasteiger partial charge is 0.370 e. The summed E-state index contributed by atoms with van der Waals surface area (Å²) in [6.45, 7) is 0.117. The highest BCUT2D eigenvalue weighted by Crippen LogP contribution is 2.23. The Morgan fingerprint density at radius 3 is 2.43 bits per heavy atom. The van der Waals surface area contributed by atoms with Crippen LogP contribution in [-0.2, 0) is 19.1 Å². The van der Waals surface area contributed by atoms with E-state index in [1.54, 1.807) is 12.1 Å². The number of nitrogens with two attached hydrogens (primary N) is 1. The van der Waals surface area contributed by atoms with Crippen molar-refractivity contribution in [2.45, 2.75) is 18.4 Å². The quantitative estimate of drug-likeness (QED) is 0.565. The Kier molecular flexibility index (Phi) is 6.91. The van der Waals surface area contributed by atoms with Crippen molar-refractivity contribution in [2.75, 3.05) is 36.5 Å². The Labute approximate surface area is 157 Å². The van der Waals surface area contributed by atoms with Crippen LogP contribution < -0.4 is 21.3 Å². The first-order chi connectivity index (χ1) is 13.2. The van der Waals surface area contributed by atoms with Crippen LogP contribution in [0, 0.1) is 0 Å². The fourth-order valence-corrected chi connectivity index (χ4v) is 2.33. The predicted molar refractivity (Wildman–Crippen MR) is 90.2 cm³/mol. The van der Waals surface area contributed by atoms with Gasteiger partial charge >= 0.3 is 12.3 Å². The molecule has 0 bridgehead atoms. The minimum absolute atomic E-state index is 0.0420. The van der Waals surface area contributed by atoms with Gasteiger partial charge in [-0.15, -0.1) is 0 Å². The molecular formula is C16H18F4N4O4. The van der Waals surface area contributed by atoms with Crippen molar-refractivity contribution in [3.8, 4) is 0 Å². The molecule has 1 aliphatic heterocycles. The van der Waals surface area contributed by atoms with Gasteiger partial charge in [0.15, 0.2) is 0 Å². The average Bonchev–Trinajstić information content (AvgIpc) is 2.66. The van der Waals surface area contributed by atoms with Gasteiger partial charge in [0.05, 0.1) is 6.61 Å². The number of morpholine rings is 1. The largest absolute Gasteiger partial charge is 0.383 e. The molecule has 3 amide bonds. The molecular weight excluding hydrogens is 388 g/mol. The molecule has 4 N–H and O–H groups in total. The number of carbonyl (C=O) groups excluding carboxylic acids is 3. The number of hydrogen-bond acceptors (Lipinski definition) is 5. The van der Waals surface area contributed by atoms with Crippen molar-refractivity contribution in [3.05, 3.63) is 24.3 Å². The maximum atomic E-state index is 13.0. The molecule has 0 radical (unpaired) electrons. The third kappa shape index (κ3) is 4.95. The van der Waals surface area contributed by atoms with E-state index in [0.29, 0.717) is 18.8 Å². The van der Waals surface area contributed by atoms with Gasteiger partial charge in [-0.2, -0.15) is 8.78 Å². The molecule has 1 aliphatic rings. The molecule has 1 aromatic carbocycles. The van der Waals surface area contributed by atoms with E-state index >= 15 is 0 Å². The summed E-state index contributed by atoms with van der Waals surface area (Å²) >= 11 is 0. The van der Waals surface area contributed by atoms with Gasteiger partial charge in [-0.05, 0) is 24.3 Å². The first-order valence-electron chi connectivity index (χ1n) is 8.13. The number of nitrogens with zero attached hydrogens (tertiary/aromatic N) is 1. The first kappa shape index (κ1) is 21.6. The van der Waals surface area contributed by atoms with E-state index in [4.69, 9.17) is 10.5 Å². The van der Waals surface area contributed by atoms with Crippen LogP contribution in [0.2, 0.25) is 0 Å². The number of benzene rings is 1. The van der Waals surface area contributed by atoms with Crippen LogP contribution in [0.3, 0.4) is 0 Å². The van der Waals surface area contributed by atoms with Gasteiger partial charge in [-0.3, -0.25) is 14.4 Å². The minimum atomic E-state index is -4.94. The molecule has 8 nitrogen and oxygen atoms in total. The molecule has 0 aliphatic carbocycles. The molecule has 2 rings (SSSR count). The lowest BCUT2D eigenvalue weighted by Crippen LogP contribution is -2.55. The lowest BCUT2D eigenvalue weighted by molar-refractivity contribution is -0.170. The van der Waals surface area contributed by atoms with Crippen molar-refractivity contribution >= 4 is 29.1 Å². The van der Waals surface area contributed by atoms with Crippen LogP contribution in [0.4, 0.5) is 28.9 Å². The van der Waals surface area contributed by atoms with Crippen molar-refractivity contribution in [1.82, 2.24) is 5.32 Å². The number of rotatable bonds is 7. The maximum absolute atomic E-state index is 13.0. The van der Waals surface area contributed by atoms with Gasteiger partial charge in [0, 0.05) is 24.5 Å². The highest BCUT2D eigenvalue weighted by atomic mass is 19.3. The van der Waals surface area contributed by atoms with Crippen LogP contribution >= 0.6 is 0 Å². The van der Waals surface area contributed by atoms with E-state index < -0.39 is 36.7 Å². The second-order valence-corrected chi connectivity index (χ2v) is 5.82. The summed E-state index contributed by atoms with van der Waals surface area (Å²) in [7, 11) is 0. The normalized spacial score (nSPS) is 16.1. The molecule has 154 valence electrons. The van der Waals surface area contributed by atoms with Gasteiger partial charge in [0.2, 0.25) is 5.91 Å². The molecule has 0 saturated carbocycles. The Balaban J connectivity index is 2.00. The monoisotopic (exact) mass is 406 g/mol. The zero-order valence-electron chi connectivity index (χ0n) is 14.5. The van der Waals surface area contributed by atoms with Crippen molar-refractivity contribution in [1.29, 1.82) is 0 Å². The SMILES string of the molecule is NC[C@H](NC(=O)C(F)(F)C(F)F)C(=O)Nc1ccc(N2CCOCC2=O)cc1. The van der Waals surface area contributed by atoms with Gasteiger partial charge in [-0.25, -0.2) is 8.78 Å². The molecule has 1 atom stereocenters. The first-order valence-corrected chi connectivity index (χ1v) is 8.13. The zero-order chi connectivity index (χ0) is 20.9. The predicted octanol–water partition coefficient (Wildman–Crippen LogP) is 0.332. The van der Waals surface area contributed by atoms with Crippen LogP contribution in [0.5, 0.6) is 0 Å². The number of halogens is 4. The van der Waals surface area contributed by atoms with Gasteiger partial charge in [-0.1, -0.05) is 0 Å². The molecule has 12 heteroatoms. The number of ether oxygens (including phenoxy) is 1. The molecule has 0 spiro atoms. The summed E-state index contributed by atoms with van der Waals surface area (Å²) in [5.74, 6) is -8.43. The summed E-state index contributed by atoms with van der Waals surface area (Å²) in [6.07, 6.45) is -4.22. The van der Waals surface area contributed by atoms with Crippen LogP contribution in [0.25, 0.3) is 0 Å². The fraction of sp³-hybridized carbons (Fsp3) is 0.438. The van der Waals surface area contributed by atoms with E-state index in [0.717, 1.165) is 0 Å². The fourth-order valence-electron chi connectivity index (χ4n) is 2.33. The Hall–Kier alpha value is -2.73. The lowest BCUT2D eigenvalue weighted by Gasteiger charge is -2.27. The van der Waals surface area contributed by atoms with Gasteiger partial charge in [0.1, 0.15) is 12.6 Å². The maximum Gasteiger partial charge on any atom is 0.383 e. The molecule has 0 aromatic heterocycles. The second kappa shape index (κ2) is 8.97. The van der Waals surface area contributed by atoms with Crippen molar-refractivity contribution < 1.29 is 36.7 Å². The number of nitrogens with one attached hydrogen (secondary N) is 2. The minimum Gasteiger partial charge on any atom is -0.370 e. The number of carbonyl (C=O) groups is 3. The van der Waals surface area contributed by atoms with Crippen LogP contribution in [0.15, 0.2) is 24.3 Å². The van der Waals surface area contributed by atoms with Gasteiger partial charge < -0.3 is 26.0 Å².